The summed E-state index contributed by atoms with van der Waals surface area (Å²) >= 11 is 6.33. The van der Waals surface area contributed by atoms with Crippen molar-refractivity contribution >= 4 is 29.1 Å². The van der Waals surface area contributed by atoms with Crippen molar-refractivity contribution in [1.29, 1.82) is 0 Å². The molecular formula is C17H24ClN3O2. The third kappa shape index (κ3) is 4.24. The van der Waals surface area contributed by atoms with Gasteiger partial charge in [-0.3, -0.25) is 9.59 Å². The Morgan fingerprint density at radius 3 is 2.70 bits per heavy atom. The van der Waals surface area contributed by atoms with Gasteiger partial charge in [-0.2, -0.15) is 0 Å². The van der Waals surface area contributed by atoms with E-state index in [9.17, 15) is 9.59 Å². The average Bonchev–Trinajstić information content (AvgIpc) is 2.79. The molecule has 1 saturated heterocycles. The molecule has 0 spiro atoms. The standard InChI is InChI=1S/C17H24ClN3O2/c1-11-7-12(2)16(14(18)8-11)21-10-13(9-15(21)22)17(23)19-5-6-20(3)4/h7-8,13H,5-6,9-10H2,1-4H3,(H,19,23). The van der Waals surface area contributed by atoms with E-state index in [0.29, 0.717) is 18.1 Å². The smallest absolute Gasteiger partial charge is 0.227 e. The number of rotatable bonds is 5. The van der Waals surface area contributed by atoms with Gasteiger partial charge >= 0.3 is 0 Å². The van der Waals surface area contributed by atoms with Gasteiger partial charge in [0.1, 0.15) is 0 Å². The number of amides is 2. The second-order valence-electron chi connectivity index (χ2n) is 6.41. The van der Waals surface area contributed by atoms with Crippen molar-refractivity contribution in [3.8, 4) is 0 Å². The molecule has 1 atom stereocenters. The third-order valence-electron chi connectivity index (χ3n) is 4.02. The van der Waals surface area contributed by atoms with Gasteiger partial charge in [0.05, 0.1) is 16.6 Å². The monoisotopic (exact) mass is 337 g/mol. The van der Waals surface area contributed by atoms with Crippen LogP contribution in [0.1, 0.15) is 17.5 Å². The van der Waals surface area contributed by atoms with E-state index in [1.54, 1.807) is 4.90 Å². The Balaban J connectivity index is 2.07. The summed E-state index contributed by atoms with van der Waals surface area (Å²) in [5.74, 6) is -0.434. The highest BCUT2D eigenvalue weighted by Gasteiger charge is 2.36. The van der Waals surface area contributed by atoms with Crippen molar-refractivity contribution in [3.63, 3.8) is 0 Å². The van der Waals surface area contributed by atoms with E-state index in [4.69, 9.17) is 11.6 Å². The predicted octanol–water partition coefficient (Wildman–Crippen LogP) is 1.99. The molecule has 0 saturated carbocycles. The second-order valence-corrected chi connectivity index (χ2v) is 6.82. The summed E-state index contributed by atoms with van der Waals surface area (Å²) in [7, 11) is 3.91. The number of hydrogen-bond acceptors (Lipinski definition) is 3. The van der Waals surface area contributed by atoms with Crippen LogP contribution in [0.2, 0.25) is 5.02 Å². The van der Waals surface area contributed by atoms with Gasteiger partial charge in [0, 0.05) is 26.1 Å². The molecule has 1 N–H and O–H groups in total. The molecule has 1 aromatic rings. The summed E-state index contributed by atoms with van der Waals surface area (Å²) < 4.78 is 0. The lowest BCUT2D eigenvalue weighted by Gasteiger charge is -2.21. The van der Waals surface area contributed by atoms with E-state index in [-0.39, 0.29) is 24.2 Å². The summed E-state index contributed by atoms with van der Waals surface area (Å²) in [4.78, 5) is 28.2. The number of nitrogens with zero attached hydrogens (tertiary/aromatic N) is 2. The van der Waals surface area contributed by atoms with E-state index in [2.05, 4.69) is 5.32 Å². The number of likely N-dealkylation sites (N-methyl/N-ethyl adjacent to an activating group) is 1. The van der Waals surface area contributed by atoms with E-state index in [0.717, 1.165) is 23.4 Å². The summed E-state index contributed by atoms with van der Waals surface area (Å²) in [6.07, 6.45) is 0.234. The molecule has 0 radical (unpaired) electrons. The number of hydrogen-bond donors (Lipinski definition) is 1. The molecule has 0 bridgehead atoms. The predicted molar refractivity (Wildman–Crippen MR) is 92.9 cm³/mol. The van der Waals surface area contributed by atoms with Crippen LogP contribution in [0.4, 0.5) is 5.69 Å². The number of carbonyl (C=O) groups is 2. The second kappa shape index (κ2) is 7.32. The molecule has 5 nitrogen and oxygen atoms in total. The van der Waals surface area contributed by atoms with Crippen LogP contribution in [0.3, 0.4) is 0 Å². The lowest BCUT2D eigenvalue weighted by molar-refractivity contribution is -0.126. The highest BCUT2D eigenvalue weighted by atomic mass is 35.5. The van der Waals surface area contributed by atoms with Gasteiger partial charge in [0.2, 0.25) is 11.8 Å². The molecule has 1 fully saturated rings. The first-order valence-electron chi connectivity index (χ1n) is 7.79. The van der Waals surface area contributed by atoms with Gasteiger partial charge in [0.25, 0.3) is 0 Å². The minimum absolute atomic E-state index is 0.0494. The van der Waals surface area contributed by atoms with Crippen molar-refractivity contribution in [2.45, 2.75) is 20.3 Å². The summed E-state index contributed by atoms with van der Waals surface area (Å²) in [5.41, 5.74) is 2.74. The van der Waals surface area contributed by atoms with Crippen LogP contribution >= 0.6 is 11.6 Å². The summed E-state index contributed by atoms with van der Waals surface area (Å²) in [6.45, 7) is 5.65. The van der Waals surface area contributed by atoms with Crippen LogP contribution in [0.15, 0.2) is 12.1 Å². The molecule has 1 aromatic carbocycles. The molecule has 1 heterocycles. The lowest BCUT2D eigenvalue weighted by Crippen LogP contribution is -2.36. The largest absolute Gasteiger partial charge is 0.355 e. The third-order valence-corrected chi connectivity index (χ3v) is 4.31. The highest BCUT2D eigenvalue weighted by Crippen LogP contribution is 2.35. The molecule has 1 unspecified atom stereocenters. The normalized spacial score (nSPS) is 17.9. The van der Waals surface area contributed by atoms with E-state index < -0.39 is 0 Å². The fourth-order valence-corrected chi connectivity index (χ4v) is 3.32. The maximum absolute atomic E-state index is 12.3. The van der Waals surface area contributed by atoms with Gasteiger partial charge in [0.15, 0.2) is 0 Å². The highest BCUT2D eigenvalue weighted by molar-refractivity contribution is 6.34. The van der Waals surface area contributed by atoms with E-state index in [1.165, 1.54) is 0 Å². The number of aryl methyl sites for hydroxylation is 2. The topological polar surface area (TPSA) is 52.7 Å². The molecule has 6 heteroatoms. The number of benzene rings is 1. The summed E-state index contributed by atoms with van der Waals surface area (Å²) in [5, 5.41) is 3.45. The Hall–Kier alpha value is -1.59. The van der Waals surface area contributed by atoms with Crippen LogP contribution in [0.25, 0.3) is 0 Å². The molecule has 0 aromatic heterocycles. The van der Waals surface area contributed by atoms with E-state index >= 15 is 0 Å². The number of carbonyl (C=O) groups excluding carboxylic acids is 2. The maximum atomic E-state index is 12.3. The zero-order valence-corrected chi connectivity index (χ0v) is 14.9. The van der Waals surface area contributed by atoms with Gasteiger partial charge in [-0.15, -0.1) is 0 Å². The fourth-order valence-electron chi connectivity index (χ4n) is 2.90. The molecule has 126 valence electrons. The molecule has 2 rings (SSSR count). The minimum atomic E-state index is -0.318. The van der Waals surface area contributed by atoms with Crippen molar-refractivity contribution in [2.75, 3.05) is 38.6 Å². The van der Waals surface area contributed by atoms with Crippen molar-refractivity contribution < 1.29 is 9.59 Å². The minimum Gasteiger partial charge on any atom is -0.355 e. The Morgan fingerprint density at radius 1 is 1.39 bits per heavy atom. The van der Waals surface area contributed by atoms with Gasteiger partial charge in [-0.1, -0.05) is 17.7 Å². The lowest BCUT2D eigenvalue weighted by atomic mass is 10.1. The number of nitrogens with one attached hydrogen (secondary N) is 1. The zero-order valence-electron chi connectivity index (χ0n) is 14.1. The molecule has 1 aliphatic rings. The Morgan fingerprint density at radius 2 is 2.09 bits per heavy atom. The quantitative estimate of drug-likeness (QED) is 0.894. The Labute approximate surface area is 142 Å². The van der Waals surface area contributed by atoms with Crippen LogP contribution in [0.5, 0.6) is 0 Å². The van der Waals surface area contributed by atoms with Crippen LogP contribution < -0.4 is 10.2 Å². The molecule has 23 heavy (non-hydrogen) atoms. The van der Waals surface area contributed by atoms with Crippen LogP contribution in [-0.2, 0) is 9.59 Å². The van der Waals surface area contributed by atoms with E-state index in [1.807, 2.05) is 45.0 Å². The molecule has 0 aliphatic carbocycles. The zero-order chi connectivity index (χ0) is 17.1. The first-order chi connectivity index (χ1) is 10.8. The maximum Gasteiger partial charge on any atom is 0.227 e. The molecular weight excluding hydrogens is 314 g/mol. The Bertz CT molecular complexity index is 593. The van der Waals surface area contributed by atoms with Gasteiger partial charge < -0.3 is 15.1 Å². The first kappa shape index (κ1) is 17.8. The number of anilines is 1. The average molecular weight is 338 g/mol. The SMILES string of the molecule is Cc1cc(C)c(N2CC(C(=O)NCCN(C)C)CC2=O)c(Cl)c1. The summed E-state index contributed by atoms with van der Waals surface area (Å²) in [6, 6.07) is 3.85. The van der Waals surface area contributed by atoms with Crippen LogP contribution in [0, 0.1) is 19.8 Å². The van der Waals surface area contributed by atoms with Crippen LogP contribution in [-0.4, -0.2) is 50.4 Å². The van der Waals surface area contributed by atoms with Gasteiger partial charge in [-0.05, 0) is 45.1 Å². The van der Waals surface area contributed by atoms with Crippen molar-refractivity contribution in [3.05, 3.63) is 28.3 Å². The molecule has 2 amide bonds. The molecule has 1 aliphatic heterocycles. The first-order valence-corrected chi connectivity index (χ1v) is 8.17. The van der Waals surface area contributed by atoms with Crippen molar-refractivity contribution in [1.82, 2.24) is 10.2 Å². The fraction of sp³-hybridized carbons (Fsp3) is 0.529. The Kier molecular flexibility index (Phi) is 5.65. The van der Waals surface area contributed by atoms with Crippen molar-refractivity contribution in [2.24, 2.45) is 5.92 Å². The number of halogens is 1. The van der Waals surface area contributed by atoms with Gasteiger partial charge in [-0.25, -0.2) is 0 Å².